The second-order valence-electron chi connectivity index (χ2n) is 30.9. The first-order valence-corrected chi connectivity index (χ1v) is 38.8. The van der Waals surface area contributed by atoms with Crippen molar-refractivity contribution in [3.8, 4) is 11.1 Å². The molecule has 13 rings (SSSR count). The number of benzene rings is 1. The van der Waals surface area contributed by atoms with Crippen molar-refractivity contribution in [2.45, 2.75) is 243 Å². The number of amides is 4. The predicted octanol–water partition coefficient (Wildman–Crippen LogP) is 15.2. The summed E-state index contributed by atoms with van der Waals surface area (Å²) < 4.78 is 36.4. The van der Waals surface area contributed by atoms with Crippen LogP contribution in [0.4, 0.5) is 32.7 Å². The SMILES string of the molecule is C.C.C.C.C=Cc1cc(-c2cnc(C)nc2)cc(C(=N)C(C)=O)c1NCC(=O)O.CC(C)(C)OC(=O)N1[C@H](C(=O)O)C[C@@]2(COC3CCCCO3)C[C@@H]12.Cc1ccc(Br)nc1N.Cc1ccc(Br)nc1NC(=O)[C@@H]1C[C@@]2(CO)C[C@H]2N1.Cc1ccc(Br)nc1NC(=O)[C@@H]1C[C@@]2(COC3CCCCO3)C[C@H]2N1C(=O)OC(C)(C)C.Cl. The third-order valence-corrected chi connectivity index (χ3v) is 21.4. The highest BCUT2D eigenvalue weighted by Crippen LogP contribution is 2.62. The fourth-order valence-corrected chi connectivity index (χ4v) is 14.8. The van der Waals surface area contributed by atoms with Crippen molar-refractivity contribution in [3.05, 3.63) is 115 Å². The van der Waals surface area contributed by atoms with E-state index >= 15 is 0 Å². The van der Waals surface area contributed by atoms with Gasteiger partial charge in [-0.05, 0) is 252 Å². The summed E-state index contributed by atoms with van der Waals surface area (Å²) in [6.07, 6.45) is 13.7. The highest BCUT2D eigenvalue weighted by atomic mass is 79.9. The molecule has 29 nitrogen and oxygen atoms in total. The number of aromatic nitrogens is 5. The number of carbonyl (C=O) groups excluding carboxylic acids is 5. The van der Waals surface area contributed by atoms with Crippen molar-refractivity contribution in [2.24, 2.45) is 16.2 Å². The fraction of sp³-hybridized carbons (Fsp3) is 0.568. The van der Waals surface area contributed by atoms with E-state index in [-0.39, 0.29) is 120 Å². The molecular weight excluding hydrogens is 1690 g/mol. The normalized spacial score (nSPS) is 24.0. The van der Waals surface area contributed by atoms with Gasteiger partial charge in [0, 0.05) is 78.0 Å². The van der Waals surface area contributed by atoms with Gasteiger partial charge in [0.05, 0.1) is 31.5 Å². The number of carbonyl (C=O) groups is 7. The summed E-state index contributed by atoms with van der Waals surface area (Å²) in [4.78, 5) is 109. The molecule has 3 aliphatic carbocycles. The van der Waals surface area contributed by atoms with E-state index in [0.717, 1.165) is 91.3 Å². The number of aliphatic hydroxyl groups excluding tert-OH is 1. The fourth-order valence-electron chi connectivity index (χ4n) is 13.9. The van der Waals surface area contributed by atoms with Crippen LogP contribution in [0.5, 0.6) is 0 Å². The summed E-state index contributed by atoms with van der Waals surface area (Å²) in [6, 6.07) is 13.1. The van der Waals surface area contributed by atoms with Crippen LogP contribution in [-0.4, -0.2) is 197 Å². The molecule has 630 valence electrons. The van der Waals surface area contributed by atoms with Gasteiger partial charge in [-0.1, -0.05) is 60.6 Å². The van der Waals surface area contributed by atoms with Crippen molar-refractivity contribution in [2.75, 3.05) is 61.3 Å². The number of ether oxygens (including phenoxy) is 6. The average molecular weight is 1800 g/mol. The average Bonchev–Trinajstić information content (AvgIpc) is 1.54. The van der Waals surface area contributed by atoms with E-state index in [2.05, 4.69) is 101 Å². The number of nitrogens with one attached hydrogen (secondary N) is 5. The monoisotopic (exact) mass is 1800 g/mol. The van der Waals surface area contributed by atoms with Crippen LogP contribution in [0.25, 0.3) is 17.2 Å². The summed E-state index contributed by atoms with van der Waals surface area (Å²) in [5, 5.41) is 47.6. The van der Waals surface area contributed by atoms with E-state index in [1.54, 1.807) is 63.2 Å². The Morgan fingerprint density at radius 2 is 1.14 bits per heavy atom. The van der Waals surface area contributed by atoms with E-state index < -0.39 is 53.2 Å². The molecule has 8 aliphatic rings. The molecule has 0 radical (unpaired) electrons. The molecule has 10 N–H and O–H groups in total. The summed E-state index contributed by atoms with van der Waals surface area (Å²) in [5.41, 5.74) is 8.90. The highest BCUT2D eigenvalue weighted by molar-refractivity contribution is 9.11. The molecule has 9 heterocycles. The van der Waals surface area contributed by atoms with Crippen LogP contribution in [0.2, 0.25) is 0 Å². The minimum Gasteiger partial charge on any atom is -0.480 e. The van der Waals surface area contributed by atoms with Crippen LogP contribution in [0.15, 0.2) is 81.3 Å². The molecule has 3 saturated carbocycles. The van der Waals surface area contributed by atoms with Crippen molar-refractivity contribution in [1.82, 2.24) is 40.0 Å². The maximum absolute atomic E-state index is 13.3. The number of halogens is 4. The number of aliphatic carboxylic acids is 2. The maximum Gasteiger partial charge on any atom is 0.411 e. The standard InChI is InChI=1S/C23H32BrN3O5.C18H18N4O3.C17H27NO6.C13H16BrN3O2.C6H7BrN2.4CH4.ClH/c1-14-8-9-17(24)25-19(14)26-20(28)15-11-23(13-31-18-7-5-6-10-30-18)12-16(23)27(15)21(29)32-22(2,3)4;1-4-12-5-13(14-7-20-11(3)21-8-14)6-15(17(19)10(2)23)18(12)22-9-16(24)25;1-16(2,3)24-15(21)18-11(14(19)20)8-17(9-12(17)18)10-23-13-6-4-5-7-22-13;1-7-2-3-10(14)16-11(7)17-12(19)8-4-13(6-18)5-9(13)15-8;1-4-2-3-5(7)9-6(4)8;;;;;/h8-9,15-16,18H,5-7,10-13H2,1-4H3,(H,25,26,28);4-8,19,22H,1,9H2,2-3H3,(H,24,25);11-13H,4-10H2,1-3H3,(H,19,20);2-3,8-9,15,18H,4-6H2,1H3,(H,16,17,19);2-3H,1H3,(H2,8,9);4*1H4;1H/t15-,16+,18?,23-;;11-,12+,13?,17-;8-,9+,13-;;;;;;/m0.00....../s1. The minimum absolute atomic E-state index is 0. The Morgan fingerprint density at radius 1 is 0.667 bits per heavy atom. The second-order valence-corrected chi connectivity index (χ2v) is 33.4. The number of aliphatic hydroxyl groups is 1. The topological polar surface area (TPSA) is 404 Å². The number of fused-ring (bicyclic) bond motifs is 3. The molecule has 5 saturated heterocycles. The van der Waals surface area contributed by atoms with Crippen molar-refractivity contribution in [3.63, 3.8) is 0 Å². The lowest BCUT2D eigenvalue weighted by atomic mass is 9.95. The Morgan fingerprint density at radius 3 is 1.56 bits per heavy atom. The van der Waals surface area contributed by atoms with E-state index in [9.17, 15) is 43.8 Å². The molecule has 4 amide bonds. The van der Waals surface area contributed by atoms with Crippen LogP contribution in [-0.2, 0) is 52.4 Å². The third kappa shape index (κ3) is 25.9. The quantitative estimate of drug-likeness (QED) is 0.0274. The molecule has 5 aromatic rings. The van der Waals surface area contributed by atoms with Crippen LogP contribution < -0.4 is 27.0 Å². The number of nitrogen functional groups attached to an aromatic ring is 1. The number of hydrogen-bond acceptors (Lipinski definition) is 23. The molecule has 1 aromatic carbocycles. The Kier molecular flexibility index (Phi) is 36.3. The molecule has 11 atom stereocenters. The lowest BCUT2D eigenvalue weighted by Gasteiger charge is -2.29. The van der Waals surface area contributed by atoms with Crippen LogP contribution >= 0.6 is 60.2 Å². The van der Waals surface area contributed by atoms with Gasteiger partial charge in [-0.15, -0.1) is 12.4 Å². The van der Waals surface area contributed by atoms with Crippen molar-refractivity contribution in [1.29, 1.82) is 5.41 Å². The molecule has 0 bridgehead atoms. The lowest BCUT2D eigenvalue weighted by Crippen LogP contribution is -2.47. The van der Waals surface area contributed by atoms with E-state index in [4.69, 9.17) is 44.7 Å². The number of aryl methyl sites for hydroxylation is 4. The molecular formula is C81H117Br3ClN13O16. The van der Waals surface area contributed by atoms with Gasteiger partial charge < -0.3 is 70.7 Å². The van der Waals surface area contributed by atoms with E-state index in [1.807, 2.05) is 77.9 Å². The number of nitrogens with zero attached hydrogens (tertiary/aromatic N) is 7. The zero-order valence-electron chi connectivity index (χ0n) is 63.8. The summed E-state index contributed by atoms with van der Waals surface area (Å²) in [7, 11) is 0. The summed E-state index contributed by atoms with van der Waals surface area (Å²) >= 11 is 9.85. The van der Waals surface area contributed by atoms with Crippen LogP contribution in [0.3, 0.4) is 0 Å². The van der Waals surface area contributed by atoms with Crippen molar-refractivity contribution >= 4 is 137 Å². The Hall–Kier alpha value is -7.66. The van der Waals surface area contributed by atoms with Gasteiger partial charge in [0.2, 0.25) is 11.8 Å². The second kappa shape index (κ2) is 42.0. The van der Waals surface area contributed by atoms with Gasteiger partial charge in [-0.3, -0.25) is 34.4 Å². The summed E-state index contributed by atoms with van der Waals surface area (Å²) in [5.74, 6) is -0.513. The predicted molar refractivity (Wildman–Crippen MR) is 453 cm³/mol. The van der Waals surface area contributed by atoms with Gasteiger partial charge in [-0.25, -0.2) is 39.3 Å². The largest absolute Gasteiger partial charge is 0.480 e. The first-order chi connectivity index (χ1) is 51.4. The zero-order valence-corrected chi connectivity index (χ0v) is 69.4. The Labute approximate surface area is 701 Å². The lowest BCUT2D eigenvalue weighted by molar-refractivity contribution is -0.171. The van der Waals surface area contributed by atoms with Crippen LogP contribution in [0, 0.1) is 49.3 Å². The Balaban J connectivity index is 0.000000308. The first-order valence-electron chi connectivity index (χ1n) is 36.4. The van der Waals surface area contributed by atoms with E-state index in [1.165, 1.54) is 11.8 Å². The number of anilines is 4. The first kappa shape index (κ1) is 98.7. The minimum atomic E-state index is -1.05. The Bertz CT molecular complexity index is 4200. The van der Waals surface area contributed by atoms with E-state index in [0.29, 0.717) is 100.0 Å². The number of Topliss-reactive ketones (excluding diaryl/α,β-unsaturated/α-hetero) is 1. The molecule has 33 heteroatoms. The van der Waals surface area contributed by atoms with Crippen molar-refractivity contribution < 1.29 is 77.3 Å². The molecule has 2 unspecified atom stereocenters. The number of rotatable bonds is 19. The molecule has 8 fully saturated rings. The molecule has 4 aromatic heterocycles. The van der Waals surface area contributed by atoms with Gasteiger partial charge in [0.25, 0.3) is 0 Å². The summed E-state index contributed by atoms with van der Waals surface area (Å²) in [6.45, 7) is 25.5. The third-order valence-electron chi connectivity index (χ3n) is 20.1. The number of pyridine rings is 3. The van der Waals surface area contributed by atoms with Gasteiger partial charge in [0.1, 0.15) is 72.6 Å². The van der Waals surface area contributed by atoms with Gasteiger partial charge in [-0.2, -0.15) is 0 Å². The molecule has 0 spiro atoms. The van der Waals surface area contributed by atoms with Gasteiger partial charge >= 0.3 is 24.1 Å². The number of ketones is 1. The molecule has 114 heavy (non-hydrogen) atoms. The number of piperidine rings is 3. The zero-order chi connectivity index (χ0) is 79.7. The van der Waals surface area contributed by atoms with Crippen LogP contribution in [0.1, 0.15) is 189 Å². The number of hydrogen-bond donors (Lipinski definition) is 9. The smallest absolute Gasteiger partial charge is 0.411 e. The number of carboxylic acid groups (broad SMARTS) is 2. The number of likely N-dealkylation sites (tertiary alicyclic amines) is 2. The highest BCUT2D eigenvalue weighted by Gasteiger charge is 2.70. The number of carboxylic acids is 2. The maximum atomic E-state index is 13.3. The number of nitrogens with two attached hydrogens (primary N) is 1. The van der Waals surface area contributed by atoms with Gasteiger partial charge in [0.15, 0.2) is 18.4 Å². The molecule has 5 aliphatic heterocycles.